The van der Waals surface area contributed by atoms with Crippen molar-refractivity contribution in [1.82, 2.24) is 34.8 Å². The van der Waals surface area contributed by atoms with E-state index in [1.165, 1.54) is 19.3 Å². The molecule has 1 aliphatic heterocycles. The van der Waals surface area contributed by atoms with E-state index in [0.717, 1.165) is 74.3 Å². The summed E-state index contributed by atoms with van der Waals surface area (Å²) in [4.78, 5) is 7.00. The van der Waals surface area contributed by atoms with Gasteiger partial charge in [-0.1, -0.05) is 24.6 Å². The molecule has 1 aromatic carbocycles. The second kappa shape index (κ2) is 10.9. The van der Waals surface area contributed by atoms with Crippen molar-refractivity contribution >= 4 is 5.96 Å². The fourth-order valence-corrected chi connectivity index (χ4v) is 4.13. The number of rotatable bonds is 8. The highest BCUT2D eigenvalue weighted by molar-refractivity contribution is 5.79. The molecule has 170 valence electrons. The Balaban J connectivity index is 1.33. The summed E-state index contributed by atoms with van der Waals surface area (Å²) in [6, 6.07) is 10.2. The van der Waals surface area contributed by atoms with Crippen molar-refractivity contribution in [3.8, 4) is 5.69 Å². The SMILES string of the molecule is CCNC(=NCCCc1nnc2n1CCCCC2)N(C)Cc1cnn(-c2ccccc2)c1. The molecule has 8 heteroatoms. The smallest absolute Gasteiger partial charge is 0.193 e. The number of para-hydroxylation sites is 1. The van der Waals surface area contributed by atoms with Gasteiger partial charge in [0.05, 0.1) is 11.9 Å². The van der Waals surface area contributed by atoms with Crippen LogP contribution in [0.15, 0.2) is 47.7 Å². The first-order chi connectivity index (χ1) is 15.7. The Morgan fingerprint density at radius 2 is 2.03 bits per heavy atom. The first-order valence-corrected chi connectivity index (χ1v) is 11.7. The van der Waals surface area contributed by atoms with Gasteiger partial charge in [-0.25, -0.2) is 4.68 Å². The molecule has 0 aliphatic carbocycles. The number of aliphatic imine (C=N–C) groups is 1. The number of hydrogen-bond donors (Lipinski definition) is 1. The van der Waals surface area contributed by atoms with E-state index in [0.29, 0.717) is 0 Å². The average Bonchev–Trinajstić information content (AvgIpc) is 3.36. The minimum absolute atomic E-state index is 0.746. The quantitative estimate of drug-likeness (QED) is 0.335. The highest BCUT2D eigenvalue weighted by Crippen LogP contribution is 2.15. The van der Waals surface area contributed by atoms with Gasteiger partial charge in [0.2, 0.25) is 0 Å². The van der Waals surface area contributed by atoms with Crippen LogP contribution in [0.25, 0.3) is 5.69 Å². The zero-order chi connectivity index (χ0) is 22.2. The van der Waals surface area contributed by atoms with Crippen molar-refractivity contribution in [1.29, 1.82) is 0 Å². The highest BCUT2D eigenvalue weighted by Gasteiger charge is 2.14. The molecule has 0 radical (unpaired) electrons. The van der Waals surface area contributed by atoms with Crippen LogP contribution in [-0.4, -0.2) is 55.5 Å². The number of aryl methyl sites for hydroxylation is 2. The Hall–Kier alpha value is -3.16. The molecule has 0 saturated heterocycles. The molecule has 0 atom stereocenters. The summed E-state index contributed by atoms with van der Waals surface area (Å²) < 4.78 is 4.24. The van der Waals surface area contributed by atoms with E-state index >= 15 is 0 Å². The van der Waals surface area contributed by atoms with Gasteiger partial charge in [0, 0.05) is 57.8 Å². The standard InChI is InChI=1S/C24H34N8/c1-3-25-24(26-15-10-14-23-29-28-22-13-8-5-9-16-31(22)23)30(2)18-20-17-27-32(19-20)21-11-6-4-7-12-21/h4,6-7,11-12,17,19H,3,5,8-10,13-16,18H2,1-2H3,(H,25,26). The number of nitrogens with zero attached hydrogens (tertiary/aromatic N) is 7. The van der Waals surface area contributed by atoms with Gasteiger partial charge in [-0.2, -0.15) is 5.10 Å². The highest BCUT2D eigenvalue weighted by atomic mass is 15.3. The Labute approximate surface area is 190 Å². The third kappa shape index (κ3) is 5.55. The second-order valence-corrected chi connectivity index (χ2v) is 8.32. The molecule has 8 nitrogen and oxygen atoms in total. The van der Waals surface area contributed by atoms with Gasteiger partial charge < -0.3 is 14.8 Å². The topological polar surface area (TPSA) is 76.2 Å². The number of fused-ring (bicyclic) bond motifs is 1. The van der Waals surface area contributed by atoms with Crippen molar-refractivity contribution < 1.29 is 0 Å². The van der Waals surface area contributed by atoms with E-state index < -0.39 is 0 Å². The number of hydrogen-bond acceptors (Lipinski definition) is 4. The Kier molecular flexibility index (Phi) is 7.53. The van der Waals surface area contributed by atoms with Crippen molar-refractivity contribution in [3.63, 3.8) is 0 Å². The van der Waals surface area contributed by atoms with Crippen molar-refractivity contribution in [2.24, 2.45) is 4.99 Å². The van der Waals surface area contributed by atoms with Crippen LogP contribution in [0.5, 0.6) is 0 Å². The van der Waals surface area contributed by atoms with Crippen LogP contribution in [0.2, 0.25) is 0 Å². The van der Waals surface area contributed by atoms with Gasteiger partial charge in [-0.3, -0.25) is 4.99 Å². The molecular weight excluding hydrogens is 400 g/mol. The fraction of sp³-hybridized carbons (Fsp3) is 0.500. The van der Waals surface area contributed by atoms with Gasteiger partial charge in [-0.15, -0.1) is 10.2 Å². The second-order valence-electron chi connectivity index (χ2n) is 8.32. The van der Waals surface area contributed by atoms with Gasteiger partial charge in [0.25, 0.3) is 0 Å². The first kappa shape index (κ1) is 22.0. The predicted octanol–water partition coefficient (Wildman–Crippen LogP) is 3.22. The molecule has 3 aromatic rings. The largest absolute Gasteiger partial charge is 0.357 e. The van der Waals surface area contributed by atoms with Gasteiger partial charge in [-0.05, 0) is 38.3 Å². The summed E-state index contributed by atoms with van der Waals surface area (Å²) in [7, 11) is 2.07. The monoisotopic (exact) mass is 434 g/mol. The molecule has 4 rings (SSSR count). The maximum atomic E-state index is 4.85. The number of guanidine groups is 1. The van der Waals surface area contributed by atoms with Crippen molar-refractivity contribution in [2.45, 2.75) is 58.5 Å². The molecule has 0 amide bonds. The summed E-state index contributed by atoms with van der Waals surface area (Å²) >= 11 is 0. The fourth-order valence-electron chi connectivity index (χ4n) is 4.13. The van der Waals surface area contributed by atoms with Gasteiger partial charge >= 0.3 is 0 Å². The van der Waals surface area contributed by atoms with Crippen LogP contribution >= 0.6 is 0 Å². The number of nitrogens with one attached hydrogen (secondary N) is 1. The Morgan fingerprint density at radius 3 is 2.88 bits per heavy atom. The van der Waals surface area contributed by atoms with E-state index in [9.17, 15) is 0 Å². The Morgan fingerprint density at radius 1 is 1.16 bits per heavy atom. The summed E-state index contributed by atoms with van der Waals surface area (Å²) in [5.74, 6) is 3.19. The molecule has 2 aromatic heterocycles. The summed E-state index contributed by atoms with van der Waals surface area (Å²) in [5.41, 5.74) is 2.21. The molecule has 0 unspecified atom stereocenters. The summed E-state index contributed by atoms with van der Waals surface area (Å²) in [6.07, 6.45) is 10.7. The van der Waals surface area contributed by atoms with E-state index in [1.807, 2.05) is 29.1 Å². The molecule has 1 aliphatic rings. The molecule has 1 N–H and O–H groups in total. The van der Waals surface area contributed by atoms with Crippen molar-refractivity contribution in [2.75, 3.05) is 20.1 Å². The zero-order valence-corrected chi connectivity index (χ0v) is 19.2. The lowest BCUT2D eigenvalue weighted by Gasteiger charge is -2.21. The maximum Gasteiger partial charge on any atom is 0.193 e. The number of aromatic nitrogens is 5. The molecule has 32 heavy (non-hydrogen) atoms. The Bertz CT molecular complexity index is 1000. The van der Waals surface area contributed by atoms with Crippen LogP contribution in [0.3, 0.4) is 0 Å². The van der Waals surface area contributed by atoms with E-state index in [2.05, 4.69) is 62.4 Å². The van der Waals surface area contributed by atoms with E-state index in [4.69, 9.17) is 4.99 Å². The van der Waals surface area contributed by atoms with Crippen LogP contribution in [-0.2, 0) is 25.9 Å². The average molecular weight is 435 g/mol. The lowest BCUT2D eigenvalue weighted by atomic mass is 10.2. The lowest BCUT2D eigenvalue weighted by Crippen LogP contribution is -2.38. The van der Waals surface area contributed by atoms with Gasteiger partial charge in [0.15, 0.2) is 5.96 Å². The molecule has 0 bridgehead atoms. The van der Waals surface area contributed by atoms with Crippen molar-refractivity contribution in [3.05, 3.63) is 59.9 Å². The molecule has 0 saturated carbocycles. The van der Waals surface area contributed by atoms with Crippen LogP contribution in [0.4, 0.5) is 0 Å². The number of benzene rings is 1. The molecule has 3 heterocycles. The van der Waals surface area contributed by atoms with Crippen LogP contribution in [0.1, 0.15) is 49.8 Å². The van der Waals surface area contributed by atoms with Crippen LogP contribution < -0.4 is 5.32 Å². The summed E-state index contributed by atoms with van der Waals surface area (Å²) in [5, 5.41) is 16.8. The summed E-state index contributed by atoms with van der Waals surface area (Å²) in [6.45, 7) is 5.50. The third-order valence-electron chi connectivity index (χ3n) is 5.78. The minimum atomic E-state index is 0.746. The zero-order valence-electron chi connectivity index (χ0n) is 19.2. The predicted molar refractivity (Wildman–Crippen MR) is 127 cm³/mol. The van der Waals surface area contributed by atoms with E-state index in [1.54, 1.807) is 0 Å². The van der Waals surface area contributed by atoms with Crippen LogP contribution in [0, 0.1) is 0 Å². The van der Waals surface area contributed by atoms with E-state index in [-0.39, 0.29) is 0 Å². The first-order valence-electron chi connectivity index (χ1n) is 11.7. The normalized spacial score (nSPS) is 14.1. The minimum Gasteiger partial charge on any atom is -0.357 e. The molecular formula is C24H34N8. The maximum absolute atomic E-state index is 4.85. The third-order valence-corrected chi connectivity index (χ3v) is 5.78. The van der Waals surface area contributed by atoms with Gasteiger partial charge in [0.1, 0.15) is 11.6 Å². The lowest BCUT2D eigenvalue weighted by molar-refractivity contribution is 0.476. The molecule has 0 fully saturated rings. The molecule has 0 spiro atoms.